The van der Waals surface area contributed by atoms with Crippen molar-refractivity contribution in [3.63, 3.8) is 0 Å². The number of carbonyl (C=O) groups excluding carboxylic acids is 2. The minimum Gasteiger partial charge on any atom is -0.381 e. The average Bonchev–Trinajstić information content (AvgIpc) is 3.24. The second-order valence-corrected chi connectivity index (χ2v) is 11.2. The van der Waals surface area contributed by atoms with Gasteiger partial charge in [0, 0.05) is 45.8 Å². The van der Waals surface area contributed by atoms with E-state index in [9.17, 15) is 14.0 Å². The molecular formula is C24H37F2N9O2. The van der Waals surface area contributed by atoms with Crippen molar-refractivity contribution >= 4 is 23.5 Å². The summed E-state index contributed by atoms with van der Waals surface area (Å²) in [6.45, 7) is 6.00. The molecular weight excluding hydrogens is 484 g/mol. The molecule has 13 heteroatoms. The fourth-order valence-electron chi connectivity index (χ4n) is 6.91. The lowest BCUT2D eigenvalue weighted by molar-refractivity contribution is -0.152. The van der Waals surface area contributed by atoms with E-state index in [2.05, 4.69) is 30.8 Å². The minimum atomic E-state index is -1.17. The van der Waals surface area contributed by atoms with Gasteiger partial charge in [0.25, 0.3) is 5.91 Å². The molecule has 5 N–H and O–H groups in total. The van der Waals surface area contributed by atoms with Crippen LogP contribution in [0.1, 0.15) is 29.6 Å². The number of piperidine rings is 4. The summed E-state index contributed by atoms with van der Waals surface area (Å²) in [6, 6.07) is -1.01. The Kier molecular flexibility index (Phi) is 6.48. The zero-order valence-electron chi connectivity index (χ0n) is 21.1. The Bertz CT molecular complexity index is 1020. The number of fused-ring (bicyclic) bond motifs is 4. The molecule has 5 saturated heterocycles. The normalized spacial score (nSPS) is 36.1. The van der Waals surface area contributed by atoms with Crippen molar-refractivity contribution < 1.29 is 18.4 Å². The quantitative estimate of drug-likeness (QED) is 0.409. The predicted molar refractivity (Wildman–Crippen MR) is 134 cm³/mol. The number of hydrogen-bond acceptors (Lipinski definition) is 8. The van der Waals surface area contributed by atoms with Gasteiger partial charge < -0.3 is 31.5 Å². The summed E-state index contributed by atoms with van der Waals surface area (Å²) < 4.78 is 30.4. The molecule has 0 saturated carbocycles. The van der Waals surface area contributed by atoms with Gasteiger partial charge in [-0.05, 0) is 38.9 Å². The summed E-state index contributed by atoms with van der Waals surface area (Å²) in [4.78, 5) is 33.2. The number of hydrogen-bond donors (Lipinski definition) is 4. The maximum atomic E-state index is 15.3. The molecule has 6 aliphatic rings. The van der Waals surface area contributed by atoms with Gasteiger partial charge in [0.1, 0.15) is 23.7 Å². The molecule has 37 heavy (non-hydrogen) atoms. The molecule has 4 atom stereocenters. The van der Waals surface area contributed by atoms with E-state index in [1.165, 1.54) is 4.68 Å². The van der Waals surface area contributed by atoms with Gasteiger partial charge in [0.05, 0.1) is 24.0 Å². The molecule has 5 fully saturated rings. The summed E-state index contributed by atoms with van der Waals surface area (Å²) in [5.41, 5.74) is 5.96. The number of nitrogen functional groups attached to an aromatic ring is 1. The van der Waals surface area contributed by atoms with Crippen LogP contribution in [0.15, 0.2) is 0 Å². The molecule has 7 heterocycles. The van der Waals surface area contributed by atoms with Crippen LogP contribution in [0.4, 0.5) is 20.4 Å². The summed E-state index contributed by atoms with van der Waals surface area (Å²) in [7, 11) is 0. The zero-order valence-corrected chi connectivity index (χ0v) is 21.1. The van der Waals surface area contributed by atoms with Gasteiger partial charge in [-0.3, -0.25) is 14.5 Å². The summed E-state index contributed by atoms with van der Waals surface area (Å²) >= 11 is 0. The molecule has 4 unspecified atom stereocenters. The number of piperazine rings is 1. The van der Waals surface area contributed by atoms with Gasteiger partial charge in [-0.2, -0.15) is 5.10 Å². The number of anilines is 2. The number of alkyl halides is 2. The van der Waals surface area contributed by atoms with E-state index < -0.39 is 30.3 Å². The highest BCUT2D eigenvalue weighted by molar-refractivity contribution is 6.03. The van der Waals surface area contributed by atoms with Crippen molar-refractivity contribution in [2.45, 2.75) is 50.2 Å². The van der Waals surface area contributed by atoms with E-state index in [-0.39, 0.29) is 42.3 Å². The fraction of sp³-hybridized carbons (Fsp3) is 0.792. The van der Waals surface area contributed by atoms with Crippen LogP contribution in [0.5, 0.6) is 0 Å². The van der Waals surface area contributed by atoms with Crippen molar-refractivity contribution in [3.8, 4) is 0 Å². The SMILES string of the molecule is Nc1nn2c(c1C(=O)NC1CNCC(F)C1N1CCN(C(=O)C34CCN(CC3)CC4)CC1)NCC(F)C2. The van der Waals surface area contributed by atoms with E-state index in [1.54, 1.807) is 0 Å². The number of carbonyl (C=O) groups is 2. The van der Waals surface area contributed by atoms with Crippen molar-refractivity contribution in [2.75, 3.05) is 76.5 Å². The molecule has 0 aromatic carbocycles. The van der Waals surface area contributed by atoms with Crippen LogP contribution in [0.2, 0.25) is 0 Å². The van der Waals surface area contributed by atoms with Gasteiger partial charge in [-0.25, -0.2) is 13.5 Å². The number of rotatable bonds is 4. The van der Waals surface area contributed by atoms with Gasteiger partial charge in [0.15, 0.2) is 5.82 Å². The Morgan fingerprint density at radius 3 is 2.41 bits per heavy atom. The van der Waals surface area contributed by atoms with E-state index in [4.69, 9.17) is 5.73 Å². The van der Waals surface area contributed by atoms with Crippen LogP contribution >= 0.6 is 0 Å². The molecule has 0 spiro atoms. The fourth-order valence-corrected chi connectivity index (χ4v) is 6.91. The Morgan fingerprint density at radius 2 is 1.70 bits per heavy atom. The van der Waals surface area contributed by atoms with Gasteiger partial charge in [0.2, 0.25) is 5.91 Å². The summed E-state index contributed by atoms with van der Waals surface area (Å²) in [6.07, 6.45) is 0.515. The second-order valence-electron chi connectivity index (χ2n) is 11.2. The van der Waals surface area contributed by atoms with Crippen LogP contribution < -0.4 is 21.7 Å². The third-order valence-electron chi connectivity index (χ3n) is 9.07. The number of aromatic nitrogens is 2. The van der Waals surface area contributed by atoms with Gasteiger partial charge >= 0.3 is 0 Å². The monoisotopic (exact) mass is 521 g/mol. The van der Waals surface area contributed by atoms with Gasteiger partial charge in [-0.15, -0.1) is 0 Å². The average molecular weight is 522 g/mol. The van der Waals surface area contributed by atoms with Crippen LogP contribution in [0, 0.1) is 5.41 Å². The molecule has 1 aromatic heterocycles. The molecule has 0 radical (unpaired) electrons. The second kappa shape index (κ2) is 9.66. The highest BCUT2D eigenvalue weighted by atomic mass is 19.1. The van der Waals surface area contributed by atoms with Crippen LogP contribution in [-0.4, -0.2) is 126 Å². The molecule has 2 bridgehead atoms. The number of halogens is 2. The predicted octanol–water partition coefficient (Wildman–Crippen LogP) is -0.733. The van der Waals surface area contributed by atoms with E-state index in [0.717, 1.165) is 38.9 Å². The molecule has 204 valence electrons. The molecule has 2 amide bonds. The standard InChI is InChI=1S/C24H37F2N9O2/c25-15-11-29-21-18(20(27)31-35(21)14-15)22(36)30-17-13-28-12-16(26)19(17)33-7-9-34(10-8-33)23(37)24-1-4-32(5-2-24)6-3-24/h15-17,19,28-29H,1-14H2,(H2,27,31)(H,30,36). The third-order valence-corrected chi connectivity index (χ3v) is 9.07. The largest absolute Gasteiger partial charge is 0.381 e. The minimum absolute atomic E-state index is 0.0197. The maximum Gasteiger partial charge on any atom is 0.259 e. The first-order valence-corrected chi connectivity index (χ1v) is 13.5. The first kappa shape index (κ1) is 24.8. The maximum absolute atomic E-state index is 15.3. The number of nitrogens with two attached hydrogens (primary N) is 1. The number of nitrogens with zero attached hydrogens (tertiary/aromatic N) is 5. The molecule has 1 aromatic rings. The molecule has 11 nitrogen and oxygen atoms in total. The van der Waals surface area contributed by atoms with Crippen molar-refractivity contribution in [1.29, 1.82) is 0 Å². The van der Waals surface area contributed by atoms with E-state index in [1.807, 2.05) is 4.90 Å². The van der Waals surface area contributed by atoms with Crippen molar-refractivity contribution in [2.24, 2.45) is 5.41 Å². The number of nitrogens with one attached hydrogen (secondary N) is 3. The van der Waals surface area contributed by atoms with Crippen LogP contribution in [0.3, 0.4) is 0 Å². The van der Waals surface area contributed by atoms with Gasteiger partial charge in [-0.1, -0.05) is 0 Å². The molecule has 0 aliphatic carbocycles. The van der Waals surface area contributed by atoms with E-state index in [0.29, 0.717) is 38.5 Å². The summed E-state index contributed by atoms with van der Waals surface area (Å²) in [5, 5.41) is 13.1. The Morgan fingerprint density at radius 1 is 1.00 bits per heavy atom. The molecule has 6 aliphatic heterocycles. The zero-order chi connectivity index (χ0) is 25.7. The topological polar surface area (TPSA) is 124 Å². The van der Waals surface area contributed by atoms with E-state index >= 15 is 4.39 Å². The Hall–Kier alpha value is -2.51. The summed E-state index contributed by atoms with van der Waals surface area (Å²) in [5.74, 6) is 0.223. The Balaban J connectivity index is 1.12. The van der Waals surface area contributed by atoms with Crippen molar-refractivity contribution in [3.05, 3.63) is 5.56 Å². The molecule has 7 rings (SSSR count). The first-order valence-electron chi connectivity index (χ1n) is 13.5. The highest BCUT2D eigenvalue weighted by Gasteiger charge is 2.48. The highest BCUT2D eigenvalue weighted by Crippen LogP contribution is 2.41. The Labute approximate surface area is 215 Å². The third kappa shape index (κ3) is 4.44. The lowest BCUT2D eigenvalue weighted by atomic mass is 9.71. The first-order chi connectivity index (χ1) is 17.8. The van der Waals surface area contributed by atoms with Crippen LogP contribution in [-0.2, 0) is 11.3 Å². The van der Waals surface area contributed by atoms with Crippen molar-refractivity contribution in [1.82, 2.24) is 35.1 Å². The van der Waals surface area contributed by atoms with Crippen LogP contribution in [0.25, 0.3) is 0 Å². The smallest absolute Gasteiger partial charge is 0.259 e. The number of amides is 2. The lowest BCUT2D eigenvalue weighted by Crippen LogP contribution is -2.68. The lowest BCUT2D eigenvalue weighted by Gasteiger charge is -2.51.